The third kappa shape index (κ3) is 3.70. The van der Waals surface area contributed by atoms with Crippen molar-refractivity contribution in [2.24, 2.45) is 0 Å². The Kier molecular flexibility index (Phi) is 5.13. The summed E-state index contributed by atoms with van der Waals surface area (Å²) < 4.78 is 10.8. The van der Waals surface area contributed by atoms with Gasteiger partial charge in [-0.25, -0.2) is 9.78 Å². The summed E-state index contributed by atoms with van der Waals surface area (Å²) in [6.07, 6.45) is 1.70. The molecule has 2 atom stereocenters. The van der Waals surface area contributed by atoms with Gasteiger partial charge in [-0.3, -0.25) is 14.6 Å². The molecule has 0 saturated carbocycles. The van der Waals surface area contributed by atoms with Gasteiger partial charge in [0.25, 0.3) is 5.91 Å². The van der Waals surface area contributed by atoms with E-state index in [9.17, 15) is 14.7 Å². The Morgan fingerprint density at radius 2 is 2.07 bits per heavy atom. The fraction of sp³-hybridized carbons (Fsp3) is 0.611. The van der Waals surface area contributed by atoms with Gasteiger partial charge in [-0.1, -0.05) is 0 Å². The lowest BCUT2D eigenvalue weighted by Crippen LogP contribution is -2.42. The van der Waals surface area contributed by atoms with E-state index in [-0.39, 0.29) is 35.6 Å². The zero-order chi connectivity index (χ0) is 18.8. The number of ether oxygens (including phenoxy) is 2. The molecule has 0 bridgehead atoms. The summed E-state index contributed by atoms with van der Waals surface area (Å²) in [5.41, 5.74) is 0.0302. The number of rotatable bonds is 5. The number of pyridine rings is 1. The quantitative estimate of drug-likeness (QED) is 0.782. The molecule has 27 heavy (non-hydrogen) atoms. The zero-order valence-corrected chi connectivity index (χ0v) is 15.1. The van der Waals surface area contributed by atoms with E-state index in [0.717, 1.165) is 39.3 Å². The summed E-state index contributed by atoms with van der Waals surface area (Å²) in [5, 5.41) is 9.86. The monoisotopic (exact) mass is 376 g/mol. The number of carbonyl (C=O) groups excluding carboxylic acids is 2. The van der Waals surface area contributed by atoms with Crippen molar-refractivity contribution < 1.29 is 24.2 Å². The molecule has 9 heteroatoms. The van der Waals surface area contributed by atoms with E-state index in [1.165, 1.54) is 12.3 Å². The predicted molar refractivity (Wildman–Crippen MR) is 94.4 cm³/mol. The first kappa shape index (κ1) is 18.0. The lowest BCUT2D eigenvalue weighted by molar-refractivity contribution is 0.0362. The van der Waals surface area contributed by atoms with Crippen molar-refractivity contribution in [1.29, 1.82) is 0 Å². The summed E-state index contributed by atoms with van der Waals surface area (Å²) in [6, 6.07) is 2.87. The average Bonchev–Trinajstić information content (AvgIpc) is 3.21. The Morgan fingerprint density at radius 1 is 1.26 bits per heavy atom. The number of carbonyl (C=O) groups is 2. The molecule has 9 nitrogen and oxygen atoms in total. The van der Waals surface area contributed by atoms with E-state index >= 15 is 0 Å². The number of aromatic nitrogens is 1. The van der Waals surface area contributed by atoms with Crippen LogP contribution in [0.2, 0.25) is 0 Å². The molecule has 1 N–H and O–H groups in total. The minimum atomic E-state index is -0.341. The van der Waals surface area contributed by atoms with Crippen molar-refractivity contribution >= 4 is 12.0 Å². The second kappa shape index (κ2) is 7.69. The number of aromatic hydroxyl groups is 1. The highest BCUT2D eigenvalue weighted by atomic mass is 16.6. The molecule has 4 rings (SSSR count). The van der Waals surface area contributed by atoms with Crippen molar-refractivity contribution in [3.8, 4) is 5.75 Å². The first-order valence-corrected chi connectivity index (χ1v) is 9.34. The van der Waals surface area contributed by atoms with Crippen molar-refractivity contribution in [3.63, 3.8) is 0 Å². The van der Waals surface area contributed by atoms with Crippen LogP contribution >= 0.6 is 0 Å². The van der Waals surface area contributed by atoms with Crippen molar-refractivity contribution in [3.05, 3.63) is 24.0 Å². The molecule has 0 unspecified atom stereocenters. The van der Waals surface area contributed by atoms with Crippen LogP contribution in [0.25, 0.3) is 0 Å². The second-order valence-corrected chi connectivity index (χ2v) is 7.07. The van der Waals surface area contributed by atoms with Gasteiger partial charge in [0.2, 0.25) is 0 Å². The van der Waals surface area contributed by atoms with Crippen LogP contribution in [0, 0.1) is 0 Å². The first-order valence-electron chi connectivity index (χ1n) is 9.34. The van der Waals surface area contributed by atoms with Crippen molar-refractivity contribution in [1.82, 2.24) is 19.7 Å². The molecule has 3 aliphatic rings. The van der Waals surface area contributed by atoms with E-state index in [1.54, 1.807) is 15.9 Å². The maximum Gasteiger partial charge on any atom is 0.410 e. The average molecular weight is 376 g/mol. The topological polar surface area (TPSA) is 95.4 Å². The molecule has 0 spiro atoms. The van der Waals surface area contributed by atoms with Crippen LogP contribution in [0.4, 0.5) is 4.79 Å². The van der Waals surface area contributed by atoms with Crippen LogP contribution < -0.4 is 0 Å². The predicted octanol–water partition coefficient (Wildman–Crippen LogP) is 0.155. The normalized spacial score (nSPS) is 25.6. The SMILES string of the molecule is O=C(c1ncccc1O)N1C[C@H]2OC(=O)N(CCCN3CCOCC3)[C@H]2C1. The number of morpholine rings is 1. The van der Waals surface area contributed by atoms with Gasteiger partial charge < -0.3 is 19.5 Å². The van der Waals surface area contributed by atoms with Crippen LogP contribution in [0.1, 0.15) is 16.9 Å². The molecule has 3 fully saturated rings. The highest BCUT2D eigenvalue weighted by Crippen LogP contribution is 2.29. The van der Waals surface area contributed by atoms with Gasteiger partial charge in [0.05, 0.1) is 25.8 Å². The lowest BCUT2D eigenvalue weighted by Gasteiger charge is -2.28. The van der Waals surface area contributed by atoms with E-state index in [2.05, 4.69) is 9.88 Å². The molecule has 3 aliphatic heterocycles. The molecular formula is C18H24N4O5. The minimum absolute atomic E-state index is 0.0302. The molecule has 1 aromatic rings. The van der Waals surface area contributed by atoms with E-state index in [4.69, 9.17) is 9.47 Å². The molecule has 0 aliphatic carbocycles. The van der Waals surface area contributed by atoms with Crippen LogP contribution in [0.15, 0.2) is 18.3 Å². The Bertz CT molecular complexity index is 709. The van der Waals surface area contributed by atoms with Crippen LogP contribution in [-0.2, 0) is 9.47 Å². The number of fused-ring (bicyclic) bond motifs is 1. The highest BCUT2D eigenvalue weighted by molar-refractivity contribution is 5.95. The second-order valence-electron chi connectivity index (χ2n) is 7.07. The Labute approximate surface area is 157 Å². The molecule has 1 aromatic heterocycles. The van der Waals surface area contributed by atoms with E-state index in [0.29, 0.717) is 19.6 Å². The Morgan fingerprint density at radius 3 is 2.85 bits per heavy atom. The van der Waals surface area contributed by atoms with Gasteiger partial charge in [0.1, 0.15) is 11.9 Å². The summed E-state index contributed by atoms with van der Waals surface area (Å²) in [4.78, 5) is 34.5. The molecule has 0 radical (unpaired) electrons. The van der Waals surface area contributed by atoms with E-state index < -0.39 is 0 Å². The summed E-state index contributed by atoms with van der Waals surface area (Å²) in [7, 11) is 0. The number of amides is 2. The Hall–Kier alpha value is -2.39. The smallest absolute Gasteiger partial charge is 0.410 e. The molecule has 4 heterocycles. The van der Waals surface area contributed by atoms with Gasteiger partial charge in [0, 0.05) is 38.9 Å². The first-order chi connectivity index (χ1) is 13.1. The molecule has 3 saturated heterocycles. The maximum atomic E-state index is 12.6. The van der Waals surface area contributed by atoms with Crippen molar-refractivity contribution in [2.45, 2.75) is 18.6 Å². The Balaban J connectivity index is 1.34. The summed E-state index contributed by atoms with van der Waals surface area (Å²) in [5.74, 6) is -0.481. The number of hydrogen-bond donors (Lipinski definition) is 1. The van der Waals surface area contributed by atoms with Crippen LogP contribution in [0.5, 0.6) is 5.75 Å². The maximum absolute atomic E-state index is 12.6. The minimum Gasteiger partial charge on any atom is -0.505 e. The fourth-order valence-electron chi connectivity index (χ4n) is 3.93. The zero-order valence-electron chi connectivity index (χ0n) is 15.1. The van der Waals surface area contributed by atoms with Crippen LogP contribution in [-0.4, -0.2) is 101 Å². The van der Waals surface area contributed by atoms with Gasteiger partial charge in [-0.15, -0.1) is 0 Å². The molecule has 2 amide bonds. The van der Waals surface area contributed by atoms with Gasteiger partial charge in [0.15, 0.2) is 5.69 Å². The van der Waals surface area contributed by atoms with E-state index in [1.807, 2.05) is 0 Å². The number of likely N-dealkylation sites (tertiary alicyclic amines) is 1. The standard InChI is InChI=1S/C18H24N4O5/c23-14-3-1-4-19-16(14)17(24)21-11-13-15(12-21)27-18(25)22(13)6-2-5-20-7-9-26-10-8-20/h1,3-4,13,15,23H,2,5-12H2/t13-,15+/m0/s1. The summed E-state index contributed by atoms with van der Waals surface area (Å²) >= 11 is 0. The number of nitrogens with zero attached hydrogens (tertiary/aromatic N) is 4. The van der Waals surface area contributed by atoms with Gasteiger partial charge in [-0.05, 0) is 18.6 Å². The van der Waals surface area contributed by atoms with Gasteiger partial charge >= 0.3 is 6.09 Å². The largest absolute Gasteiger partial charge is 0.505 e. The fourth-order valence-corrected chi connectivity index (χ4v) is 3.93. The lowest BCUT2D eigenvalue weighted by atomic mass is 10.2. The third-order valence-electron chi connectivity index (χ3n) is 5.38. The molecular weight excluding hydrogens is 352 g/mol. The number of hydrogen-bond acceptors (Lipinski definition) is 7. The third-order valence-corrected chi connectivity index (χ3v) is 5.38. The van der Waals surface area contributed by atoms with Crippen LogP contribution in [0.3, 0.4) is 0 Å². The van der Waals surface area contributed by atoms with Gasteiger partial charge in [-0.2, -0.15) is 0 Å². The highest BCUT2D eigenvalue weighted by Gasteiger charge is 2.49. The molecule has 146 valence electrons. The summed E-state index contributed by atoms with van der Waals surface area (Å²) in [6.45, 7) is 5.59. The van der Waals surface area contributed by atoms with Crippen molar-refractivity contribution in [2.75, 3.05) is 52.5 Å². The molecule has 0 aromatic carbocycles.